The predicted molar refractivity (Wildman–Crippen MR) is 83.3 cm³/mol. The Kier molecular flexibility index (Phi) is 4.43. The van der Waals surface area contributed by atoms with Gasteiger partial charge >= 0.3 is 5.97 Å². The standard InChI is InChI=1S/C17H17NO5/c19-15-4-3-12-9-14(2-1-13(12)10-15)17(21)23-11-16(20)18-5-7-22-8-6-18/h1-4,9-10,19H,5-8,11H2. The summed E-state index contributed by atoms with van der Waals surface area (Å²) in [5, 5.41) is 11.1. The molecule has 0 spiro atoms. The van der Waals surface area contributed by atoms with Crippen LogP contribution < -0.4 is 0 Å². The lowest BCUT2D eigenvalue weighted by Gasteiger charge is -2.26. The second kappa shape index (κ2) is 6.66. The van der Waals surface area contributed by atoms with Gasteiger partial charge in [0.15, 0.2) is 6.61 Å². The molecular formula is C17H17NO5. The number of carbonyl (C=O) groups is 2. The van der Waals surface area contributed by atoms with Crippen molar-refractivity contribution in [3.63, 3.8) is 0 Å². The number of hydrogen-bond donors (Lipinski definition) is 1. The van der Waals surface area contributed by atoms with Crippen LogP contribution in [0.25, 0.3) is 10.8 Å². The monoisotopic (exact) mass is 315 g/mol. The van der Waals surface area contributed by atoms with Crippen molar-refractivity contribution in [1.29, 1.82) is 0 Å². The van der Waals surface area contributed by atoms with Crippen LogP contribution in [0.3, 0.4) is 0 Å². The summed E-state index contributed by atoms with van der Waals surface area (Å²) in [5.41, 5.74) is 0.373. The van der Waals surface area contributed by atoms with Crippen molar-refractivity contribution >= 4 is 22.6 Å². The second-order valence-electron chi connectivity index (χ2n) is 5.32. The zero-order valence-electron chi connectivity index (χ0n) is 12.5. The maximum Gasteiger partial charge on any atom is 0.338 e. The highest BCUT2D eigenvalue weighted by atomic mass is 16.5. The molecule has 1 N–H and O–H groups in total. The van der Waals surface area contributed by atoms with Crippen LogP contribution in [-0.4, -0.2) is 54.8 Å². The first-order valence-corrected chi connectivity index (χ1v) is 7.39. The van der Waals surface area contributed by atoms with Crippen LogP contribution in [0, 0.1) is 0 Å². The van der Waals surface area contributed by atoms with Gasteiger partial charge in [0.2, 0.25) is 0 Å². The number of hydrogen-bond acceptors (Lipinski definition) is 5. The molecule has 0 bridgehead atoms. The van der Waals surface area contributed by atoms with E-state index in [0.717, 1.165) is 10.8 Å². The molecule has 1 fully saturated rings. The van der Waals surface area contributed by atoms with Crippen LogP contribution in [0.2, 0.25) is 0 Å². The number of esters is 1. The Labute approximate surface area is 133 Å². The Hall–Kier alpha value is -2.60. The minimum Gasteiger partial charge on any atom is -0.508 e. The average Bonchev–Trinajstić information content (AvgIpc) is 2.59. The second-order valence-corrected chi connectivity index (χ2v) is 5.32. The predicted octanol–water partition coefficient (Wildman–Crippen LogP) is 1.56. The highest BCUT2D eigenvalue weighted by molar-refractivity contribution is 5.96. The van der Waals surface area contributed by atoms with Crippen LogP contribution in [0.5, 0.6) is 5.75 Å². The fourth-order valence-electron chi connectivity index (χ4n) is 2.47. The minimum absolute atomic E-state index is 0.170. The van der Waals surface area contributed by atoms with Crippen molar-refractivity contribution in [2.75, 3.05) is 32.9 Å². The van der Waals surface area contributed by atoms with E-state index in [-0.39, 0.29) is 18.3 Å². The number of benzene rings is 2. The number of aromatic hydroxyl groups is 1. The Morgan fingerprint density at radius 1 is 1.09 bits per heavy atom. The molecule has 3 rings (SSSR count). The largest absolute Gasteiger partial charge is 0.508 e. The zero-order chi connectivity index (χ0) is 16.2. The summed E-state index contributed by atoms with van der Waals surface area (Å²) in [6.07, 6.45) is 0. The van der Waals surface area contributed by atoms with Gasteiger partial charge in [0.05, 0.1) is 18.8 Å². The van der Waals surface area contributed by atoms with E-state index < -0.39 is 5.97 Å². The summed E-state index contributed by atoms with van der Waals surface area (Å²) in [6, 6.07) is 9.92. The maximum atomic E-state index is 12.1. The molecule has 1 saturated heterocycles. The fourth-order valence-corrected chi connectivity index (χ4v) is 2.47. The molecule has 2 aromatic rings. The van der Waals surface area contributed by atoms with Gasteiger partial charge in [0, 0.05) is 13.1 Å². The van der Waals surface area contributed by atoms with E-state index in [0.29, 0.717) is 31.9 Å². The van der Waals surface area contributed by atoms with Crippen molar-refractivity contribution in [2.24, 2.45) is 0 Å². The third kappa shape index (κ3) is 3.60. The van der Waals surface area contributed by atoms with Crippen LogP contribution in [0.1, 0.15) is 10.4 Å². The summed E-state index contributed by atoms with van der Waals surface area (Å²) in [6.45, 7) is 1.80. The number of phenols is 1. The van der Waals surface area contributed by atoms with E-state index in [9.17, 15) is 14.7 Å². The number of nitrogens with zero attached hydrogens (tertiary/aromatic N) is 1. The summed E-state index contributed by atoms with van der Waals surface area (Å²) in [4.78, 5) is 25.6. The van der Waals surface area contributed by atoms with Gasteiger partial charge in [-0.1, -0.05) is 12.1 Å². The van der Waals surface area contributed by atoms with Crippen LogP contribution >= 0.6 is 0 Å². The molecule has 1 aliphatic heterocycles. The number of rotatable bonds is 3. The van der Waals surface area contributed by atoms with Gasteiger partial charge in [-0.25, -0.2) is 4.79 Å². The van der Waals surface area contributed by atoms with Crippen LogP contribution in [-0.2, 0) is 14.3 Å². The lowest BCUT2D eigenvalue weighted by molar-refractivity contribution is -0.138. The Bertz CT molecular complexity index is 737. The lowest BCUT2D eigenvalue weighted by Crippen LogP contribution is -2.42. The van der Waals surface area contributed by atoms with E-state index in [2.05, 4.69) is 0 Å². The van der Waals surface area contributed by atoms with Crippen molar-refractivity contribution in [1.82, 2.24) is 4.90 Å². The van der Waals surface area contributed by atoms with Gasteiger partial charge < -0.3 is 19.5 Å². The van der Waals surface area contributed by atoms with Gasteiger partial charge in [0.25, 0.3) is 5.91 Å². The van der Waals surface area contributed by atoms with Crippen LogP contribution in [0.15, 0.2) is 36.4 Å². The molecule has 1 amide bonds. The number of ether oxygens (including phenoxy) is 2. The van der Waals surface area contributed by atoms with Crippen molar-refractivity contribution < 1.29 is 24.2 Å². The maximum absolute atomic E-state index is 12.1. The average molecular weight is 315 g/mol. The minimum atomic E-state index is -0.540. The quantitative estimate of drug-likeness (QED) is 0.870. The summed E-state index contributed by atoms with van der Waals surface area (Å²) in [5.74, 6) is -0.585. The van der Waals surface area contributed by atoms with E-state index in [1.54, 1.807) is 41.3 Å². The first-order valence-electron chi connectivity index (χ1n) is 7.39. The number of phenolic OH excluding ortho intramolecular Hbond substituents is 1. The van der Waals surface area contributed by atoms with E-state index in [4.69, 9.17) is 9.47 Å². The molecular weight excluding hydrogens is 298 g/mol. The van der Waals surface area contributed by atoms with Gasteiger partial charge in [-0.15, -0.1) is 0 Å². The Morgan fingerprint density at radius 3 is 2.57 bits per heavy atom. The van der Waals surface area contributed by atoms with Crippen molar-refractivity contribution in [3.8, 4) is 5.75 Å². The molecule has 120 valence electrons. The highest BCUT2D eigenvalue weighted by Crippen LogP contribution is 2.21. The van der Waals surface area contributed by atoms with Gasteiger partial charge in [0.1, 0.15) is 5.75 Å². The summed E-state index contributed by atoms with van der Waals surface area (Å²) >= 11 is 0. The van der Waals surface area contributed by atoms with Gasteiger partial charge in [-0.05, 0) is 35.0 Å². The highest BCUT2D eigenvalue weighted by Gasteiger charge is 2.18. The Morgan fingerprint density at radius 2 is 1.78 bits per heavy atom. The van der Waals surface area contributed by atoms with E-state index in [1.807, 2.05) is 0 Å². The molecule has 6 heteroatoms. The first kappa shape index (κ1) is 15.3. The van der Waals surface area contributed by atoms with E-state index in [1.165, 1.54) is 0 Å². The SMILES string of the molecule is O=C(OCC(=O)N1CCOCC1)c1ccc2cc(O)ccc2c1. The molecule has 0 unspecified atom stereocenters. The summed E-state index contributed by atoms with van der Waals surface area (Å²) in [7, 11) is 0. The summed E-state index contributed by atoms with van der Waals surface area (Å²) < 4.78 is 10.3. The lowest BCUT2D eigenvalue weighted by atomic mass is 10.1. The molecule has 6 nitrogen and oxygen atoms in total. The number of amides is 1. The molecule has 0 aromatic heterocycles. The molecule has 1 heterocycles. The molecule has 23 heavy (non-hydrogen) atoms. The molecule has 0 saturated carbocycles. The Balaban J connectivity index is 1.63. The first-order chi connectivity index (χ1) is 11.1. The number of fused-ring (bicyclic) bond motifs is 1. The zero-order valence-corrected chi connectivity index (χ0v) is 12.5. The molecule has 0 atom stereocenters. The molecule has 0 radical (unpaired) electrons. The van der Waals surface area contributed by atoms with Crippen molar-refractivity contribution in [3.05, 3.63) is 42.0 Å². The number of morpholine rings is 1. The van der Waals surface area contributed by atoms with Gasteiger partial charge in [-0.3, -0.25) is 4.79 Å². The fraction of sp³-hybridized carbons (Fsp3) is 0.294. The molecule has 1 aliphatic rings. The number of carbonyl (C=O) groups excluding carboxylic acids is 2. The van der Waals surface area contributed by atoms with Crippen LogP contribution in [0.4, 0.5) is 0 Å². The topological polar surface area (TPSA) is 76.1 Å². The molecule has 2 aromatic carbocycles. The van der Waals surface area contributed by atoms with E-state index >= 15 is 0 Å². The smallest absolute Gasteiger partial charge is 0.338 e. The normalized spacial score (nSPS) is 14.7. The molecule has 0 aliphatic carbocycles. The van der Waals surface area contributed by atoms with Crippen molar-refractivity contribution in [2.45, 2.75) is 0 Å². The van der Waals surface area contributed by atoms with Gasteiger partial charge in [-0.2, -0.15) is 0 Å². The third-order valence-electron chi connectivity index (χ3n) is 3.75. The third-order valence-corrected chi connectivity index (χ3v) is 3.75.